The van der Waals surface area contributed by atoms with Crippen molar-refractivity contribution in [3.8, 4) is 0 Å². The fraction of sp³-hybridized carbons (Fsp3) is 0.421. The zero-order chi connectivity index (χ0) is 17.3. The van der Waals surface area contributed by atoms with Gasteiger partial charge in [0.15, 0.2) is 0 Å². The Bertz CT molecular complexity index is 782. The van der Waals surface area contributed by atoms with Gasteiger partial charge in [0.1, 0.15) is 6.54 Å². The number of nitrogens with one attached hydrogen (secondary N) is 1. The molecule has 5 aliphatic rings. The molecule has 1 N–H and O–H groups in total. The number of carbonyl (C=O) groups excluding carboxylic acids is 3. The van der Waals surface area contributed by atoms with Gasteiger partial charge in [-0.15, -0.1) is 0 Å². The SMILES string of the molecule is O=C(CN1C(=O)[C@H]2[C@@H]3C=C[C@H]([C@@H]4C[C@H]34)[C@@H]2C1=O)Nc1ccc(I)cc1. The lowest BCUT2D eigenvalue weighted by Crippen LogP contribution is -2.40. The average molecular weight is 448 g/mol. The first-order valence-electron chi connectivity index (χ1n) is 8.63. The van der Waals surface area contributed by atoms with Gasteiger partial charge in [-0.05, 0) is 76.9 Å². The molecule has 0 radical (unpaired) electrons. The van der Waals surface area contributed by atoms with Crippen LogP contribution in [0.3, 0.4) is 0 Å². The van der Waals surface area contributed by atoms with E-state index in [1.54, 1.807) is 0 Å². The summed E-state index contributed by atoms with van der Waals surface area (Å²) in [7, 11) is 0. The van der Waals surface area contributed by atoms with Gasteiger partial charge >= 0.3 is 0 Å². The minimum atomic E-state index is -0.327. The van der Waals surface area contributed by atoms with Crippen molar-refractivity contribution in [3.05, 3.63) is 40.0 Å². The molecule has 5 nitrogen and oxygen atoms in total. The van der Waals surface area contributed by atoms with E-state index in [9.17, 15) is 14.4 Å². The van der Waals surface area contributed by atoms with E-state index in [4.69, 9.17) is 0 Å². The highest BCUT2D eigenvalue weighted by Crippen LogP contribution is 2.65. The minimum Gasteiger partial charge on any atom is -0.325 e. The number of amides is 3. The summed E-state index contributed by atoms with van der Waals surface area (Å²) in [5, 5.41) is 2.77. The van der Waals surface area contributed by atoms with Crippen molar-refractivity contribution >= 4 is 46.0 Å². The summed E-state index contributed by atoms with van der Waals surface area (Å²) >= 11 is 2.19. The summed E-state index contributed by atoms with van der Waals surface area (Å²) in [6.45, 7) is -0.189. The van der Waals surface area contributed by atoms with Gasteiger partial charge in [0, 0.05) is 9.26 Å². The van der Waals surface area contributed by atoms with Crippen molar-refractivity contribution in [2.45, 2.75) is 6.42 Å². The van der Waals surface area contributed by atoms with Crippen LogP contribution in [0.25, 0.3) is 0 Å². The second-order valence-electron chi connectivity index (χ2n) is 7.47. The first-order valence-corrected chi connectivity index (χ1v) is 9.71. The number of nitrogens with zero attached hydrogens (tertiary/aromatic N) is 1. The Morgan fingerprint density at radius 3 is 2.16 bits per heavy atom. The fourth-order valence-corrected chi connectivity index (χ4v) is 5.41. The number of hydrogen-bond acceptors (Lipinski definition) is 3. The highest BCUT2D eigenvalue weighted by atomic mass is 127. The molecule has 3 amide bonds. The van der Waals surface area contributed by atoms with Crippen molar-refractivity contribution < 1.29 is 14.4 Å². The van der Waals surface area contributed by atoms with Gasteiger partial charge in [-0.3, -0.25) is 19.3 Å². The zero-order valence-electron chi connectivity index (χ0n) is 13.4. The van der Waals surface area contributed by atoms with E-state index in [2.05, 4.69) is 40.1 Å². The lowest BCUT2D eigenvalue weighted by Gasteiger charge is -2.37. The number of allylic oxidation sites excluding steroid dienone is 2. The van der Waals surface area contributed by atoms with Crippen LogP contribution in [-0.4, -0.2) is 29.2 Å². The van der Waals surface area contributed by atoms with Crippen LogP contribution >= 0.6 is 22.6 Å². The Kier molecular flexibility index (Phi) is 3.36. The predicted octanol–water partition coefficient (Wildman–Crippen LogP) is 2.28. The van der Waals surface area contributed by atoms with Gasteiger partial charge in [0.05, 0.1) is 11.8 Å². The molecule has 25 heavy (non-hydrogen) atoms. The van der Waals surface area contributed by atoms with E-state index in [0.29, 0.717) is 17.5 Å². The lowest BCUT2D eigenvalue weighted by atomic mass is 9.63. The van der Waals surface area contributed by atoms with Crippen LogP contribution in [-0.2, 0) is 14.4 Å². The molecule has 2 bridgehead atoms. The Hall–Kier alpha value is -1.70. The first-order chi connectivity index (χ1) is 12.0. The highest BCUT2D eigenvalue weighted by molar-refractivity contribution is 14.1. The molecule has 4 aliphatic carbocycles. The number of hydrogen-bond donors (Lipinski definition) is 1. The molecule has 6 atom stereocenters. The molecule has 1 aliphatic heterocycles. The Morgan fingerprint density at radius 2 is 1.60 bits per heavy atom. The topological polar surface area (TPSA) is 66.5 Å². The van der Waals surface area contributed by atoms with E-state index < -0.39 is 0 Å². The molecule has 1 aromatic rings. The number of benzene rings is 1. The van der Waals surface area contributed by atoms with Gasteiger partial charge in [0.2, 0.25) is 17.7 Å². The van der Waals surface area contributed by atoms with Crippen molar-refractivity contribution in [2.75, 3.05) is 11.9 Å². The van der Waals surface area contributed by atoms with E-state index in [1.165, 1.54) is 4.90 Å². The molecule has 3 fully saturated rings. The first kappa shape index (κ1) is 15.5. The zero-order valence-corrected chi connectivity index (χ0v) is 15.5. The third-order valence-corrected chi connectivity index (χ3v) is 6.90. The Balaban J connectivity index is 1.32. The largest absolute Gasteiger partial charge is 0.325 e. The third kappa shape index (κ3) is 2.29. The van der Waals surface area contributed by atoms with Crippen LogP contribution in [0, 0.1) is 39.1 Å². The predicted molar refractivity (Wildman–Crippen MR) is 99.2 cm³/mol. The van der Waals surface area contributed by atoms with Crippen LogP contribution in [0.2, 0.25) is 0 Å². The quantitative estimate of drug-likeness (QED) is 0.439. The molecule has 1 saturated heterocycles. The van der Waals surface area contributed by atoms with Crippen molar-refractivity contribution in [2.24, 2.45) is 35.5 Å². The van der Waals surface area contributed by atoms with Gasteiger partial charge in [-0.1, -0.05) is 12.2 Å². The van der Waals surface area contributed by atoms with Crippen molar-refractivity contribution in [1.29, 1.82) is 0 Å². The molecular weight excluding hydrogens is 431 g/mol. The van der Waals surface area contributed by atoms with E-state index >= 15 is 0 Å². The van der Waals surface area contributed by atoms with Crippen LogP contribution < -0.4 is 5.32 Å². The summed E-state index contributed by atoms with van der Waals surface area (Å²) in [5.41, 5.74) is 0.671. The summed E-state index contributed by atoms with van der Waals surface area (Å²) in [4.78, 5) is 39.2. The molecular formula is C19H17IN2O3. The molecule has 6 heteroatoms. The molecule has 0 aromatic heterocycles. The Labute approximate surface area is 159 Å². The number of imide groups is 1. The number of likely N-dealkylation sites (tertiary alicyclic amines) is 1. The summed E-state index contributed by atoms with van der Waals surface area (Å²) in [5.74, 6) is 0.431. The molecule has 1 heterocycles. The standard InChI is InChI=1S/C19H17IN2O3/c20-9-1-3-10(4-2-9)21-15(23)8-22-18(24)16-11-5-6-12(14-7-13(11)14)17(16)19(22)25/h1-6,11-14,16-17H,7-8H2,(H,21,23)/t11-,12-,13-,14+,16+,17+/m1/s1. The molecule has 2 saturated carbocycles. The number of anilines is 1. The fourth-order valence-electron chi connectivity index (χ4n) is 5.05. The molecule has 6 rings (SSSR count). The summed E-state index contributed by atoms with van der Waals surface area (Å²) in [6, 6.07) is 7.41. The van der Waals surface area contributed by atoms with Crippen molar-refractivity contribution in [3.63, 3.8) is 0 Å². The van der Waals surface area contributed by atoms with E-state index in [-0.39, 0.29) is 47.9 Å². The van der Waals surface area contributed by atoms with Crippen LogP contribution in [0.4, 0.5) is 5.69 Å². The lowest BCUT2D eigenvalue weighted by molar-refractivity contribution is -0.142. The third-order valence-electron chi connectivity index (χ3n) is 6.18. The van der Waals surface area contributed by atoms with Gasteiger partial charge in [-0.2, -0.15) is 0 Å². The second kappa shape index (κ2) is 5.40. The monoisotopic (exact) mass is 448 g/mol. The maximum Gasteiger partial charge on any atom is 0.244 e. The normalized spacial score (nSPS) is 37.1. The number of halogens is 1. The number of carbonyl (C=O) groups is 3. The summed E-state index contributed by atoms with van der Waals surface area (Å²) in [6.07, 6.45) is 5.42. The molecule has 1 aromatic carbocycles. The smallest absolute Gasteiger partial charge is 0.244 e. The van der Waals surface area contributed by atoms with Gasteiger partial charge < -0.3 is 5.32 Å². The Morgan fingerprint density at radius 1 is 1.04 bits per heavy atom. The maximum atomic E-state index is 12.8. The van der Waals surface area contributed by atoms with Crippen LogP contribution in [0.15, 0.2) is 36.4 Å². The maximum absolute atomic E-state index is 12.8. The summed E-state index contributed by atoms with van der Waals surface area (Å²) < 4.78 is 1.08. The van der Waals surface area contributed by atoms with E-state index in [0.717, 1.165) is 9.99 Å². The van der Waals surface area contributed by atoms with Gasteiger partial charge in [0.25, 0.3) is 0 Å². The molecule has 128 valence electrons. The minimum absolute atomic E-state index is 0.155. The molecule has 0 spiro atoms. The van der Waals surface area contributed by atoms with Crippen LogP contribution in [0.1, 0.15) is 6.42 Å². The number of rotatable bonds is 3. The van der Waals surface area contributed by atoms with Crippen molar-refractivity contribution in [1.82, 2.24) is 4.90 Å². The van der Waals surface area contributed by atoms with Gasteiger partial charge in [-0.25, -0.2) is 0 Å². The average Bonchev–Trinajstić information content (AvgIpc) is 3.38. The van der Waals surface area contributed by atoms with E-state index in [1.807, 2.05) is 24.3 Å². The highest BCUT2D eigenvalue weighted by Gasteiger charge is 2.67. The molecule has 0 unspecified atom stereocenters. The van der Waals surface area contributed by atoms with Crippen LogP contribution in [0.5, 0.6) is 0 Å². The second-order valence-corrected chi connectivity index (χ2v) is 8.72.